The molecule has 246 valence electrons. The Labute approximate surface area is 267 Å². The van der Waals surface area contributed by atoms with Gasteiger partial charge < -0.3 is 29.9 Å². The van der Waals surface area contributed by atoms with Crippen LogP contribution < -0.4 is 15.4 Å². The van der Waals surface area contributed by atoms with Crippen molar-refractivity contribution in [1.29, 1.82) is 5.26 Å². The fourth-order valence-electron chi connectivity index (χ4n) is 8.49. The van der Waals surface area contributed by atoms with Crippen LogP contribution in [0.25, 0.3) is 0 Å². The Bertz CT molecular complexity index is 1520. The molecule has 2 bridgehead atoms. The number of alkyl halides is 1. The molecule has 0 unspecified atom stereocenters. The highest BCUT2D eigenvalue weighted by molar-refractivity contribution is 6.01. The molecule has 1 aromatic heterocycles. The predicted molar refractivity (Wildman–Crippen MR) is 161 cm³/mol. The quantitative estimate of drug-likeness (QED) is 0.500. The van der Waals surface area contributed by atoms with Crippen LogP contribution >= 0.6 is 0 Å². The van der Waals surface area contributed by atoms with Crippen LogP contribution in [0.1, 0.15) is 59.8 Å². The lowest BCUT2D eigenvalue weighted by Crippen LogP contribution is -2.60. The number of carbonyl (C=O) groups is 4. The summed E-state index contributed by atoms with van der Waals surface area (Å²) in [6, 6.07) is 2.40. The molecule has 2 saturated heterocycles. The molecular weight excluding hydrogens is 595 g/mol. The number of alkyl carbamates (subject to hydrolysis) is 1. The van der Waals surface area contributed by atoms with Crippen LogP contribution in [-0.2, 0) is 19.1 Å². The second-order valence-electron chi connectivity index (χ2n) is 15.6. The summed E-state index contributed by atoms with van der Waals surface area (Å²) < 4.78 is 26.9. The summed E-state index contributed by atoms with van der Waals surface area (Å²) in [5.74, 6) is -1.74. The van der Waals surface area contributed by atoms with Crippen LogP contribution in [0.3, 0.4) is 0 Å². The first-order chi connectivity index (χ1) is 21.7. The molecule has 0 radical (unpaired) electrons. The molecule has 13 heteroatoms. The zero-order valence-corrected chi connectivity index (χ0v) is 26.6. The molecule has 7 rings (SSSR count). The maximum absolute atomic E-state index is 15.3. The number of rotatable bonds is 5. The Morgan fingerprint density at radius 2 is 2.02 bits per heavy atom. The second-order valence-corrected chi connectivity index (χ2v) is 15.6. The maximum atomic E-state index is 15.3. The number of halogens is 1. The maximum Gasteiger partial charge on any atom is 0.407 e. The SMILES string of the molecule is CC1(COC(=O)N[C@H](C(=O)N2C[C@@H]3[C@H]4C[C@@H]([C@@H]3[C@H]2C(=O)N2C[C@@]3(C[C@H]2C#N)Oc2cccnc2NC3=O)[C@H](F)C4)C(C)(C)C)CC1. The summed E-state index contributed by atoms with van der Waals surface area (Å²) in [5, 5.41) is 15.7. The Morgan fingerprint density at radius 1 is 1.26 bits per heavy atom. The van der Waals surface area contributed by atoms with Crippen LogP contribution in [0.2, 0.25) is 0 Å². The van der Waals surface area contributed by atoms with Crippen LogP contribution in [0.15, 0.2) is 18.3 Å². The third-order valence-electron chi connectivity index (χ3n) is 11.3. The molecule has 3 saturated carbocycles. The average molecular weight is 637 g/mol. The average Bonchev–Trinajstić information content (AvgIpc) is 3.35. The number of carbonyl (C=O) groups excluding carboxylic acids is 4. The molecular formula is C33H41FN6O6. The Kier molecular flexibility index (Phi) is 7.03. The van der Waals surface area contributed by atoms with E-state index in [4.69, 9.17) is 9.47 Å². The van der Waals surface area contributed by atoms with Gasteiger partial charge >= 0.3 is 6.09 Å². The number of nitrogens with zero attached hydrogens (tertiary/aromatic N) is 4. The molecule has 4 amide bonds. The van der Waals surface area contributed by atoms with E-state index in [-0.39, 0.29) is 49.2 Å². The van der Waals surface area contributed by atoms with Crippen molar-refractivity contribution in [3.05, 3.63) is 18.3 Å². The number of hydrogen-bond acceptors (Lipinski definition) is 8. The zero-order chi connectivity index (χ0) is 32.8. The Hall–Kier alpha value is -3.95. The van der Waals surface area contributed by atoms with Gasteiger partial charge in [-0.15, -0.1) is 0 Å². The van der Waals surface area contributed by atoms with E-state index >= 15 is 4.39 Å². The first-order valence-electron chi connectivity index (χ1n) is 16.3. The van der Waals surface area contributed by atoms with Crippen molar-refractivity contribution < 1.29 is 33.0 Å². The number of fused-ring (bicyclic) bond motifs is 6. The molecule has 3 aliphatic heterocycles. The lowest BCUT2D eigenvalue weighted by molar-refractivity contribution is -0.149. The number of amides is 4. The molecule has 2 N–H and O–H groups in total. The monoisotopic (exact) mass is 636 g/mol. The molecule has 46 heavy (non-hydrogen) atoms. The van der Waals surface area contributed by atoms with E-state index in [0.717, 1.165) is 12.8 Å². The molecule has 9 atom stereocenters. The highest BCUT2D eigenvalue weighted by Gasteiger charge is 2.65. The molecule has 12 nitrogen and oxygen atoms in total. The summed E-state index contributed by atoms with van der Waals surface area (Å²) in [7, 11) is 0. The number of hydrogen-bond donors (Lipinski definition) is 2. The summed E-state index contributed by atoms with van der Waals surface area (Å²) in [5.41, 5.74) is -2.30. The van der Waals surface area contributed by atoms with Gasteiger partial charge in [-0.05, 0) is 66.9 Å². The summed E-state index contributed by atoms with van der Waals surface area (Å²) in [6.07, 6.45) is 2.65. The minimum atomic E-state index is -1.52. The van der Waals surface area contributed by atoms with E-state index in [1.54, 1.807) is 12.1 Å². The van der Waals surface area contributed by atoms with E-state index in [1.165, 1.54) is 16.0 Å². The van der Waals surface area contributed by atoms with Crippen molar-refractivity contribution in [2.75, 3.05) is 25.0 Å². The lowest BCUT2D eigenvalue weighted by Gasteiger charge is -2.38. The molecule has 5 fully saturated rings. The third kappa shape index (κ3) is 4.95. The molecule has 0 aromatic carbocycles. The molecule has 4 heterocycles. The van der Waals surface area contributed by atoms with Gasteiger partial charge in [0.15, 0.2) is 11.6 Å². The first kappa shape index (κ1) is 30.7. The van der Waals surface area contributed by atoms with Crippen LogP contribution in [0.4, 0.5) is 15.0 Å². The number of nitriles is 1. The summed E-state index contributed by atoms with van der Waals surface area (Å²) in [6.45, 7) is 7.81. The fourth-order valence-corrected chi connectivity index (χ4v) is 8.49. The van der Waals surface area contributed by atoms with Gasteiger partial charge in [-0.2, -0.15) is 5.26 Å². The Morgan fingerprint density at radius 3 is 2.72 bits per heavy atom. The van der Waals surface area contributed by atoms with Crippen molar-refractivity contribution in [2.45, 2.75) is 89.7 Å². The molecule has 6 aliphatic rings. The molecule has 1 aromatic rings. The van der Waals surface area contributed by atoms with Crippen LogP contribution in [-0.4, -0.2) is 88.2 Å². The highest BCUT2D eigenvalue weighted by Crippen LogP contribution is 2.59. The molecule has 1 spiro atoms. The zero-order valence-electron chi connectivity index (χ0n) is 26.6. The third-order valence-corrected chi connectivity index (χ3v) is 11.3. The van der Waals surface area contributed by atoms with Gasteiger partial charge in [-0.3, -0.25) is 14.4 Å². The summed E-state index contributed by atoms with van der Waals surface area (Å²) in [4.78, 5) is 62.4. The van der Waals surface area contributed by atoms with Gasteiger partial charge in [0.25, 0.3) is 5.91 Å². The van der Waals surface area contributed by atoms with Gasteiger partial charge in [-0.25, -0.2) is 14.2 Å². The minimum absolute atomic E-state index is 0.0351. The largest absolute Gasteiger partial charge is 0.472 e. The van der Waals surface area contributed by atoms with Gasteiger partial charge in [-0.1, -0.05) is 27.7 Å². The van der Waals surface area contributed by atoms with Gasteiger partial charge in [0.05, 0.1) is 19.2 Å². The number of nitrogens with one attached hydrogen (secondary N) is 2. The smallest absolute Gasteiger partial charge is 0.407 e. The topological polar surface area (TPSA) is 154 Å². The van der Waals surface area contributed by atoms with Crippen LogP contribution in [0, 0.1) is 45.8 Å². The predicted octanol–water partition coefficient (Wildman–Crippen LogP) is 3.04. The van der Waals surface area contributed by atoms with Crippen molar-refractivity contribution in [3.8, 4) is 11.8 Å². The fraction of sp³-hybridized carbons (Fsp3) is 0.697. The normalized spacial score (nSPS) is 35.5. The van der Waals surface area contributed by atoms with Crippen molar-refractivity contribution in [3.63, 3.8) is 0 Å². The number of pyridine rings is 1. The number of likely N-dealkylation sites (tertiary alicyclic amines) is 2. The second kappa shape index (κ2) is 10.5. The van der Waals surface area contributed by atoms with E-state index < -0.39 is 71.0 Å². The van der Waals surface area contributed by atoms with E-state index in [0.29, 0.717) is 18.6 Å². The first-order valence-corrected chi connectivity index (χ1v) is 16.3. The van der Waals surface area contributed by atoms with E-state index in [1.807, 2.05) is 27.7 Å². The highest BCUT2D eigenvalue weighted by atomic mass is 19.1. The molecule has 3 aliphatic carbocycles. The number of ether oxygens (including phenoxy) is 2. The van der Waals surface area contributed by atoms with Crippen LogP contribution in [0.5, 0.6) is 5.75 Å². The Balaban J connectivity index is 1.18. The minimum Gasteiger partial charge on any atom is -0.472 e. The number of anilines is 1. The van der Waals surface area contributed by atoms with E-state index in [9.17, 15) is 24.4 Å². The van der Waals surface area contributed by atoms with E-state index in [2.05, 4.69) is 21.7 Å². The van der Waals surface area contributed by atoms with Gasteiger partial charge in [0, 0.05) is 24.6 Å². The number of aromatic nitrogens is 1. The van der Waals surface area contributed by atoms with Crippen molar-refractivity contribution in [2.24, 2.45) is 34.5 Å². The van der Waals surface area contributed by atoms with Gasteiger partial charge in [0.1, 0.15) is 24.3 Å². The van der Waals surface area contributed by atoms with Gasteiger partial charge in [0.2, 0.25) is 17.4 Å². The lowest BCUT2D eigenvalue weighted by atomic mass is 9.77. The van der Waals surface area contributed by atoms with Crippen molar-refractivity contribution >= 4 is 29.6 Å². The standard InChI is InChI=1S/C33H41FN6O6/c1-31(2,3)25(37-30(44)45-16-32(4)7-8-32)28(42)39-14-20-17-10-19(21(34)11-17)23(20)24(39)27(41)40-15-33(12-18(40)13-35)29(43)38-26-22(46-33)6-5-9-36-26/h5-6,9,17-21,23-25H,7-8,10-12,14-16H2,1-4H3,(H,37,44)(H,36,38,43)/t17-,18-,19+,20+,21+,23-,24-,25+,33+/m0/s1. The summed E-state index contributed by atoms with van der Waals surface area (Å²) >= 11 is 0. The van der Waals surface area contributed by atoms with Crippen molar-refractivity contribution in [1.82, 2.24) is 20.1 Å².